The molecule has 0 aliphatic carbocycles. The highest BCUT2D eigenvalue weighted by atomic mass is 16.5. The third-order valence-electron chi connectivity index (χ3n) is 4.14. The highest BCUT2D eigenvalue weighted by Gasteiger charge is 2.61. The van der Waals surface area contributed by atoms with Crippen LogP contribution < -0.4 is 4.90 Å². The zero-order valence-electron chi connectivity index (χ0n) is 13.1. The SMILES string of the molecule is COC(=O)C1=NN(N=O)[C@@]2(CC(=O)N(c3ccc(C)cc3)C2=O)C1. The monoisotopic (exact) mass is 330 g/mol. The first-order valence-electron chi connectivity index (χ1n) is 7.16. The van der Waals surface area contributed by atoms with Crippen LogP contribution in [0.2, 0.25) is 0 Å². The maximum absolute atomic E-state index is 12.9. The second kappa shape index (κ2) is 5.52. The Morgan fingerprint density at radius 3 is 2.50 bits per heavy atom. The Balaban J connectivity index is 1.97. The number of ether oxygens (including phenoxy) is 1. The Kier molecular flexibility index (Phi) is 3.63. The molecule has 9 nitrogen and oxygen atoms in total. The molecule has 24 heavy (non-hydrogen) atoms. The molecule has 2 heterocycles. The van der Waals surface area contributed by atoms with Gasteiger partial charge in [-0.1, -0.05) is 17.7 Å². The number of anilines is 1. The van der Waals surface area contributed by atoms with E-state index in [0.717, 1.165) is 17.6 Å². The first-order chi connectivity index (χ1) is 11.4. The molecule has 2 aliphatic rings. The third-order valence-corrected chi connectivity index (χ3v) is 4.14. The van der Waals surface area contributed by atoms with Crippen LogP contribution in [-0.4, -0.2) is 41.3 Å². The molecule has 0 bridgehead atoms. The number of carbonyl (C=O) groups excluding carboxylic acids is 3. The third kappa shape index (κ3) is 2.16. The molecule has 0 aromatic heterocycles. The zero-order chi connectivity index (χ0) is 17.5. The molecule has 1 aromatic carbocycles. The van der Waals surface area contributed by atoms with Crippen molar-refractivity contribution in [2.75, 3.05) is 12.0 Å². The number of amides is 2. The summed E-state index contributed by atoms with van der Waals surface area (Å²) in [6, 6.07) is 6.81. The van der Waals surface area contributed by atoms with E-state index in [1.807, 2.05) is 6.92 Å². The number of esters is 1. The average molecular weight is 330 g/mol. The van der Waals surface area contributed by atoms with Gasteiger partial charge in [0.05, 0.1) is 24.5 Å². The quantitative estimate of drug-likeness (QED) is 0.463. The number of rotatable bonds is 3. The molecule has 0 unspecified atom stereocenters. The predicted molar refractivity (Wildman–Crippen MR) is 82.7 cm³/mol. The molecular formula is C15H14N4O5. The van der Waals surface area contributed by atoms with E-state index in [9.17, 15) is 19.3 Å². The van der Waals surface area contributed by atoms with Crippen LogP contribution in [0.3, 0.4) is 0 Å². The van der Waals surface area contributed by atoms with Crippen molar-refractivity contribution in [3.05, 3.63) is 34.7 Å². The Morgan fingerprint density at radius 2 is 1.92 bits per heavy atom. The van der Waals surface area contributed by atoms with Crippen molar-refractivity contribution in [1.29, 1.82) is 0 Å². The number of carbonyl (C=O) groups is 3. The summed E-state index contributed by atoms with van der Waals surface area (Å²) >= 11 is 0. The lowest BCUT2D eigenvalue weighted by atomic mass is 9.92. The molecule has 2 aliphatic heterocycles. The molecule has 9 heteroatoms. The van der Waals surface area contributed by atoms with E-state index >= 15 is 0 Å². The molecule has 1 aromatic rings. The predicted octanol–water partition coefficient (Wildman–Crippen LogP) is 0.913. The van der Waals surface area contributed by atoms with Crippen molar-refractivity contribution in [3.63, 3.8) is 0 Å². The fraction of sp³-hybridized carbons (Fsp3) is 0.333. The summed E-state index contributed by atoms with van der Waals surface area (Å²) in [7, 11) is 1.16. The normalized spacial score (nSPS) is 23.0. The van der Waals surface area contributed by atoms with E-state index in [1.54, 1.807) is 24.3 Å². The second-order valence-electron chi connectivity index (χ2n) is 5.66. The van der Waals surface area contributed by atoms with Gasteiger partial charge in [-0.15, -0.1) is 15.1 Å². The van der Waals surface area contributed by atoms with Crippen molar-refractivity contribution in [2.24, 2.45) is 10.4 Å². The zero-order valence-corrected chi connectivity index (χ0v) is 13.1. The van der Waals surface area contributed by atoms with Crippen molar-refractivity contribution in [2.45, 2.75) is 25.3 Å². The van der Waals surface area contributed by atoms with Gasteiger partial charge in [-0.3, -0.25) is 9.59 Å². The number of hydrazone groups is 1. The van der Waals surface area contributed by atoms with Gasteiger partial charge in [-0.05, 0) is 19.1 Å². The minimum absolute atomic E-state index is 0.121. The van der Waals surface area contributed by atoms with Crippen molar-refractivity contribution in [1.82, 2.24) is 5.12 Å². The Bertz CT molecular complexity index is 773. The molecule has 0 radical (unpaired) electrons. The number of methoxy groups -OCH3 is 1. The summed E-state index contributed by atoms with van der Waals surface area (Å²) in [5, 5.41) is 7.05. The van der Waals surface area contributed by atoms with Gasteiger partial charge >= 0.3 is 5.97 Å². The first kappa shape index (κ1) is 15.8. The van der Waals surface area contributed by atoms with Gasteiger partial charge in [0, 0.05) is 6.42 Å². The fourth-order valence-electron chi connectivity index (χ4n) is 2.90. The first-order valence-corrected chi connectivity index (χ1v) is 7.16. The summed E-state index contributed by atoms with van der Waals surface area (Å²) in [5.74, 6) is -1.90. The van der Waals surface area contributed by atoms with Crippen LogP contribution in [-0.2, 0) is 19.1 Å². The summed E-state index contributed by atoms with van der Waals surface area (Å²) < 4.78 is 4.57. The summed E-state index contributed by atoms with van der Waals surface area (Å²) in [6.45, 7) is 1.88. The van der Waals surface area contributed by atoms with E-state index in [-0.39, 0.29) is 18.6 Å². The van der Waals surface area contributed by atoms with Gasteiger partial charge in [0.25, 0.3) is 5.91 Å². The number of hydrogen-bond acceptors (Lipinski definition) is 7. The van der Waals surface area contributed by atoms with Gasteiger partial charge in [0.15, 0.2) is 11.3 Å². The van der Waals surface area contributed by atoms with E-state index < -0.39 is 23.3 Å². The molecule has 3 rings (SSSR count). The minimum atomic E-state index is -1.60. The largest absolute Gasteiger partial charge is 0.464 e. The molecule has 124 valence electrons. The standard InChI is InChI=1S/C15H14N4O5/c1-9-3-5-10(6-4-9)18-12(20)8-15(14(18)22)7-11(13(21)24-2)16-19(15)17-23/h3-6H,7-8H2,1-2H3/t15-/m1/s1. The average Bonchev–Trinajstić information content (AvgIpc) is 3.06. The van der Waals surface area contributed by atoms with Crippen LogP contribution in [0.1, 0.15) is 18.4 Å². The van der Waals surface area contributed by atoms with E-state index in [4.69, 9.17) is 0 Å². The summed E-state index contributed by atoms with van der Waals surface area (Å²) in [5.41, 5.74) is -0.359. The molecule has 0 saturated carbocycles. The maximum Gasteiger partial charge on any atom is 0.354 e. The van der Waals surface area contributed by atoms with Crippen LogP contribution in [0.5, 0.6) is 0 Å². The van der Waals surface area contributed by atoms with Gasteiger partial charge in [-0.25, -0.2) is 9.69 Å². The summed E-state index contributed by atoms with van der Waals surface area (Å²) in [4.78, 5) is 49.0. The minimum Gasteiger partial charge on any atom is -0.464 e. The van der Waals surface area contributed by atoms with Crippen LogP contribution in [0.25, 0.3) is 0 Å². The molecule has 1 spiro atoms. The van der Waals surface area contributed by atoms with Crippen molar-refractivity contribution < 1.29 is 19.1 Å². The highest BCUT2D eigenvalue weighted by Crippen LogP contribution is 2.40. The molecule has 1 fully saturated rings. The van der Waals surface area contributed by atoms with Crippen LogP contribution in [0, 0.1) is 11.8 Å². The van der Waals surface area contributed by atoms with Crippen molar-refractivity contribution >= 4 is 29.2 Å². The number of aryl methyl sites for hydroxylation is 1. The number of imide groups is 1. The van der Waals surface area contributed by atoms with E-state index in [1.165, 1.54) is 0 Å². The molecular weight excluding hydrogens is 316 g/mol. The van der Waals surface area contributed by atoms with Crippen LogP contribution in [0.15, 0.2) is 34.7 Å². The van der Waals surface area contributed by atoms with E-state index in [0.29, 0.717) is 10.8 Å². The Labute approximate surface area is 136 Å². The maximum atomic E-state index is 12.9. The topological polar surface area (TPSA) is 109 Å². The lowest BCUT2D eigenvalue weighted by molar-refractivity contribution is -0.132. The molecule has 2 amide bonds. The van der Waals surface area contributed by atoms with E-state index in [2.05, 4.69) is 15.1 Å². The fourth-order valence-corrected chi connectivity index (χ4v) is 2.90. The second-order valence-corrected chi connectivity index (χ2v) is 5.66. The smallest absolute Gasteiger partial charge is 0.354 e. The van der Waals surface area contributed by atoms with Crippen LogP contribution in [0.4, 0.5) is 5.69 Å². The lowest BCUT2D eigenvalue weighted by Gasteiger charge is -2.24. The van der Waals surface area contributed by atoms with Gasteiger partial charge < -0.3 is 4.74 Å². The highest BCUT2D eigenvalue weighted by molar-refractivity contribution is 6.39. The lowest BCUT2D eigenvalue weighted by Crippen LogP contribution is -2.48. The molecule has 1 saturated heterocycles. The van der Waals surface area contributed by atoms with Crippen LogP contribution >= 0.6 is 0 Å². The number of nitrogens with zero attached hydrogens (tertiary/aromatic N) is 4. The number of hydrogen-bond donors (Lipinski definition) is 0. The van der Waals surface area contributed by atoms with Gasteiger partial charge in [-0.2, -0.15) is 0 Å². The molecule has 0 N–H and O–H groups in total. The van der Waals surface area contributed by atoms with Gasteiger partial charge in [0.1, 0.15) is 0 Å². The molecule has 1 atom stereocenters. The van der Waals surface area contributed by atoms with Gasteiger partial charge in [0.2, 0.25) is 5.91 Å². The van der Waals surface area contributed by atoms with Crippen molar-refractivity contribution in [3.8, 4) is 0 Å². The Hall–Kier alpha value is -3.10. The summed E-state index contributed by atoms with van der Waals surface area (Å²) in [6.07, 6.45) is -0.506. The Morgan fingerprint density at radius 1 is 1.25 bits per heavy atom. The number of nitroso groups, excluding NO2 is 1. The number of benzene rings is 1.